The van der Waals surface area contributed by atoms with Gasteiger partial charge in [-0.1, -0.05) is 39.5 Å². The number of ether oxygens (including phenoxy) is 1. The van der Waals surface area contributed by atoms with E-state index in [4.69, 9.17) is 4.74 Å². The molecule has 2 saturated heterocycles. The summed E-state index contributed by atoms with van der Waals surface area (Å²) in [5.74, 6) is 0. The first-order chi connectivity index (χ1) is 9.21. The second kappa shape index (κ2) is 7.05. The van der Waals surface area contributed by atoms with Gasteiger partial charge in [0.2, 0.25) is 0 Å². The molecule has 0 spiro atoms. The van der Waals surface area contributed by atoms with E-state index in [-0.39, 0.29) is 0 Å². The van der Waals surface area contributed by atoms with E-state index in [1.165, 1.54) is 38.5 Å². The molecule has 3 heteroatoms. The highest BCUT2D eigenvalue weighted by atomic mass is 16.5. The fourth-order valence-electron chi connectivity index (χ4n) is 3.97. The van der Waals surface area contributed by atoms with Crippen LogP contribution in [0.2, 0.25) is 0 Å². The van der Waals surface area contributed by atoms with Crippen molar-refractivity contribution >= 4 is 0 Å². The molecule has 19 heavy (non-hydrogen) atoms. The second-order valence-electron chi connectivity index (χ2n) is 6.53. The molecule has 0 saturated carbocycles. The normalized spacial score (nSPS) is 31.1. The van der Waals surface area contributed by atoms with Crippen molar-refractivity contribution < 1.29 is 4.74 Å². The molecule has 1 unspecified atom stereocenters. The number of hydrogen-bond donors (Lipinski definition) is 1. The molecule has 0 aliphatic carbocycles. The fourth-order valence-corrected chi connectivity index (χ4v) is 3.97. The lowest BCUT2D eigenvalue weighted by molar-refractivity contribution is -0.0926. The van der Waals surface area contributed by atoms with E-state index in [0.717, 1.165) is 26.2 Å². The van der Waals surface area contributed by atoms with Gasteiger partial charge < -0.3 is 10.1 Å². The topological polar surface area (TPSA) is 24.5 Å². The van der Waals surface area contributed by atoms with E-state index in [2.05, 4.69) is 31.0 Å². The molecule has 2 rings (SSSR count). The van der Waals surface area contributed by atoms with Crippen LogP contribution in [0.5, 0.6) is 0 Å². The number of hydrogen-bond acceptors (Lipinski definition) is 3. The summed E-state index contributed by atoms with van der Waals surface area (Å²) in [5.41, 5.74) is 0.378. The molecule has 0 radical (unpaired) electrons. The lowest BCUT2D eigenvalue weighted by Crippen LogP contribution is -2.60. The number of rotatable bonds is 7. The molecule has 1 N–H and O–H groups in total. The third-order valence-electron chi connectivity index (χ3n) is 4.99. The molecule has 3 nitrogen and oxygen atoms in total. The van der Waals surface area contributed by atoms with Crippen molar-refractivity contribution in [3.8, 4) is 0 Å². The van der Waals surface area contributed by atoms with Crippen LogP contribution in [0.1, 0.15) is 59.3 Å². The van der Waals surface area contributed by atoms with Crippen molar-refractivity contribution in [2.45, 2.75) is 77.0 Å². The van der Waals surface area contributed by atoms with E-state index >= 15 is 0 Å². The molecule has 0 amide bonds. The van der Waals surface area contributed by atoms with Gasteiger partial charge in [-0.05, 0) is 19.8 Å². The third kappa shape index (κ3) is 3.50. The van der Waals surface area contributed by atoms with Crippen molar-refractivity contribution in [3.63, 3.8) is 0 Å². The maximum absolute atomic E-state index is 5.93. The lowest BCUT2D eigenvalue weighted by Gasteiger charge is -2.49. The highest BCUT2D eigenvalue weighted by molar-refractivity contribution is 4.99. The van der Waals surface area contributed by atoms with Gasteiger partial charge in [0.1, 0.15) is 0 Å². The zero-order chi connectivity index (χ0) is 13.7. The van der Waals surface area contributed by atoms with Crippen molar-refractivity contribution in [1.29, 1.82) is 0 Å². The first-order valence-corrected chi connectivity index (χ1v) is 8.30. The average Bonchev–Trinajstić information content (AvgIpc) is 2.87. The molecule has 2 aliphatic heterocycles. The van der Waals surface area contributed by atoms with E-state index in [0.29, 0.717) is 17.7 Å². The Morgan fingerprint density at radius 2 is 2.00 bits per heavy atom. The molecule has 2 heterocycles. The summed E-state index contributed by atoms with van der Waals surface area (Å²) >= 11 is 0. The van der Waals surface area contributed by atoms with Gasteiger partial charge in [0.05, 0.1) is 18.8 Å². The van der Waals surface area contributed by atoms with Crippen LogP contribution in [0, 0.1) is 0 Å². The Hall–Kier alpha value is -0.120. The highest BCUT2D eigenvalue weighted by Crippen LogP contribution is 2.33. The van der Waals surface area contributed by atoms with Crippen LogP contribution >= 0.6 is 0 Å². The Labute approximate surface area is 119 Å². The first-order valence-electron chi connectivity index (χ1n) is 8.30. The Morgan fingerprint density at radius 3 is 2.74 bits per heavy atom. The minimum atomic E-state index is 0.378. The van der Waals surface area contributed by atoms with Crippen molar-refractivity contribution in [2.75, 3.05) is 26.2 Å². The minimum Gasteiger partial charge on any atom is -0.374 e. The first kappa shape index (κ1) is 15.3. The highest BCUT2D eigenvalue weighted by Gasteiger charge is 2.43. The van der Waals surface area contributed by atoms with Crippen LogP contribution in [0.15, 0.2) is 0 Å². The number of nitrogens with one attached hydrogen (secondary N) is 1. The van der Waals surface area contributed by atoms with Gasteiger partial charge in [0.15, 0.2) is 0 Å². The van der Waals surface area contributed by atoms with Gasteiger partial charge in [-0.3, -0.25) is 4.90 Å². The summed E-state index contributed by atoms with van der Waals surface area (Å²) < 4.78 is 5.93. The molecule has 2 fully saturated rings. The van der Waals surface area contributed by atoms with Gasteiger partial charge in [0.25, 0.3) is 0 Å². The van der Waals surface area contributed by atoms with Crippen LogP contribution in [0.4, 0.5) is 0 Å². The van der Waals surface area contributed by atoms with Gasteiger partial charge in [-0.2, -0.15) is 0 Å². The summed E-state index contributed by atoms with van der Waals surface area (Å²) in [6.45, 7) is 11.3. The largest absolute Gasteiger partial charge is 0.374 e. The fraction of sp³-hybridized carbons (Fsp3) is 1.00. The zero-order valence-electron chi connectivity index (χ0n) is 13.1. The maximum Gasteiger partial charge on any atom is 0.0867 e. The number of nitrogens with zero attached hydrogens (tertiary/aromatic N) is 1. The Balaban J connectivity index is 2.03. The SMILES string of the molecule is CCCCCC(C)(CCC)N1CCO[C@@H]2CNC[C@@H]21. The van der Waals surface area contributed by atoms with Gasteiger partial charge >= 0.3 is 0 Å². The predicted octanol–water partition coefficient (Wildman–Crippen LogP) is 2.80. The van der Waals surface area contributed by atoms with Crippen molar-refractivity contribution in [3.05, 3.63) is 0 Å². The number of unbranched alkanes of at least 4 members (excludes halogenated alkanes) is 2. The molecule has 0 aromatic heterocycles. The van der Waals surface area contributed by atoms with Crippen molar-refractivity contribution in [2.24, 2.45) is 0 Å². The van der Waals surface area contributed by atoms with E-state index in [1.807, 2.05) is 0 Å². The monoisotopic (exact) mass is 268 g/mol. The van der Waals surface area contributed by atoms with Crippen LogP contribution in [-0.4, -0.2) is 48.8 Å². The summed E-state index contributed by atoms with van der Waals surface area (Å²) in [4.78, 5) is 2.78. The van der Waals surface area contributed by atoms with Gasteiger partial charge in [-0.15, -0.1) is 0 Å². The number of morpholine rings is 1. The van der Waals surface area contributed by atoms with E-state index in [1.54, 1.807) is 0 Å². The summed E-state index contributed by atoms with van der Waals surface area (Å²) in [6, 6.07) is 0.604. The predicted molar refractivity (Wildman–Crippen MR) is 80.6 cm³/mol. The lowest BCUT2D eigenvalue weighted by atomic mass is 9.85. The molecule has 112 valence electrons. The standard InChI is InChI=1S/C16H32N2O/c1-4-6-7-9-16(3,8-5-2)18-10-11-19-15-13-17-12-14(15)18/h14-15,17H,4-13H2,1-3H3/t14-,15+,16?/m0/s1. The quantitative estimate of drug-likeness (QED) is 0.719. The average molecular weight is 268 g/mol. The van der Waals surface area contributed by atoms with Crippen LogP contribution in [-0.2, 0) is 4.74 Å². The Bertz CT molecular complexity index is 271. The van der Waals surface area contributed by atoms with Crippen LogP contribution in [0.3, 0.4) is 0 Å². The molecule has 0 aromatic rings. The van der Waals surface area contributed by atoms with Gasteiger partial charge in [-0.25, -0.2) is 0 Å². The summed E-state index contributed by atoms with van der Waals surface area (Å²) in [6.07, 6.45) is 8.43. The van der Waals surface area contributed by atoms with Crippen LogP contribution < -0.4 is 5.32 Å². The maximum atomic E-state index is 5.93. The number of fused-ring (bicyclic) bond motifs is 1. The Morgan fingerprint density at radius 1 is 1.16 bits per heavy atom. The van der Waals surface area contributed by atoms with E-state index in [9.17, 15) is 0 Å². The van der Waals surface area contributed by atoms with Crippen molar-refractivity contribution in [1.82, 2.24) is 10.2 Å². The summed E-state index contributed by atoms with van der Waals surface area (Å²) in [5, 5.41) is 3.51. The third-order valence-corrected chi connectivity index (χ3v) is 4.99. The molecular weight excluding hydrogens is 236 g/mol. The molecular formula is C16H32N2O. The molecule has 0 bridgehead atoms. The molecule has 2 aliphatic rings. The zero-order valence-corrected chi connectivity index (χ0v) is 13.1. The molecule has 3 atom stereocenters. The van der Waals surface area contributed by atoms with E-state index < -0.39 is 0 Å². The van der Waals surface area contributed by atoms with Crippen LogP contribution in [0.25, 0.3) is 0 Å². The smallest absolute Gasteiger partial charge is 0.0867 e. The summed E-state index contributed by atoms with van der Waals surface area (Å²) in [7, 11) is 0. The Kier molecular flexibility index (Phi) is 5.67. The molecule has 0 aromatic carbocycles. The second-order valence-corrected chi connectivity index (χ2v) is 6.53. The van der Waals surface area contributed by atoms with Gasteiger partial charge in [0, 0.05) is 25.2 Å². The minimum absolute atomic E-state index is 0.378.